The Labute approximate surface area is 139 Å². The normalized spacial score (nSPS) is 16.7. The van der Waals surface area contributed by atoms with Crippen molar-refractivity contribution in [3.05, 3.63) is 42.2 Å². The highest BCUT2D eigenvalue weighted by atomic mass is 16.5. The van der Waals surface area contributed by atoms with Gasteiger partial charge in [-0.25, -0.2) is 0 Å². The molecule has 1 fully saturated rings. The Morgan fingerprint density at radius 2 is 1.70 bits per heavy atom. The molecule has 0 radical (unpaired) electrons. The van der Waals surface area contributed by atoms with E-state index in [0.29, 0.717) is 0 Å². The summed E-state index contributed by atoms with van der Waals surface area (Å²) in [5.41, 5.74) is 3.98. The summed E-state index contributed by atoms with van der Waals surface area (Å²) in [5, 5.41) is 4.51. The van der Waals surface area contributed by atoms with Gasteiger partial charge in [-0.2, -0.15) is 5.10 Å². The van der Waals surface area contributed by atoms with E-state index in [2.05, 4.69) is 61.2 Å². The average Bonchev–Trinajstić information content (AvgIpc) is 3.02. The highest BCUT2D eigenvalue weighted by Gasteiger charge is 2.14. The summed E-state index contributed by atoms with van der Waals surface area (Å²) in [5.74, 6) is 0. The molecule has 2 heterocycles. The summed E-state index contributed by atoms with van der Waals surface area (Å²) >= 11 is 0. The minimum atomic E-state index is 0.195. The van der Waals surface area contributed by atoms with Crippen LogP contribution in [-0.4, -0.2) is 47.5 Å². The van der Waals surface area contributed by atoms with Gasteiger partial charge in [0, 0.05) is 31.4 Å². The van der Waals surface area contributed by atoms with E-state index in [4.69, 9.17) is 4.74 Å². The number of hydrogen-bond donors (Lipinski definition) is 0. The number of aromatic nitrogens is 2. The third-order valence-corrected chi connectivity index (χ3v) is 4.47. The van der Waals surface area contributed by atoms with E-state index in [0.717, 1.165) is 39.4 Å². The molecular formula is C19H27N3O. The molecule has 1 saturated heterocycles. The predicted molar refractivity (Wildman–Crippen MR) is 93.6 cm³/mol. The highest BCUT2D eigenvalue weighted by molar-refractivity contribution is 5.62. The largest absolute Gasteiger partial charge is 0.379 e. The molecule has 0 atom stereocenters. The summed E-state index contributed by atoms with van der Waals surface area (Å²) in [6.45, 7) is 12.5. The van der Waals surface area contributed by atoms with Crippen molar-refractivity contribution in [2.45, 2.75) is 32.7 Å². The molecule has 3 rings (SSSR count). The molecule has 2 aromatic rings. The van der Waals surface area contributed by atoms with Gasteiger partial charge in [0.1, 0.15) is 0 Å². The fourth-order valence-corrected chi connectivity index (χ4v) is 2.87. The van der Waals surface area contributed by atoms with Crippen molar-refractivity contribution >= 4 is 0 Å². The van der Waals surface area contributed by atoms with Gasteiger partial charge in [-0.15, -0.1) is 0 Å². The molecule has 0 N–H and O–H groups in total. The number of ether oxygens (including phenoxy) is 1. The number of rotatable bonds is 4. The maximum absolute atomic E-state index is 5.38. The van der Waals surface area contributed by atoms with E-state index in [9.17, 15) is 0 Å². The summed E-state index contributed by atoms with van der Waals surface area (Å²) < 4.78 is 7.43. The van der Waals surface area contributed by atoms with Gasteiger partial charge in [0.15, 0.2) is 0 Å². The third-order valence-electron chi connectivity index (χ3n) is 4.47. The summed E-state index contributed by atoms with van der Waals surface area (Å²) in [6.07, 6.45) is 4.11. The van der Waals surface area contributed by atoms with Gasteiger partial charge >= 0.3 is 0 Å². The van der Waals surface area contributed by atoms with Crippen molar-refractivity contribution in [2.24, 2.45) is 0 Å². The highest BCUT2D eigenvalue weighted by Crippen LogP contribution is 2.25. The Hall–Kier alpha value is -1.65. The fraction of sp³-hybridized carbons (Fsp3) is 0.526. The van der Waals surface area contributed by atoms with Crippen molar-refractivity contribution < 1.29 is 4.74 Å². The molecule has 4 nitrogen and oxygen atoms in total. The second kappa shape index (κ2) is 6.85. The van der Waals surface area contributed by atoms with Crippen LogP contribution in [0.5, 0.6) is 0 Å². The lowest BCUT2D eigenvalue weighted by molar-refractivity contribution is 0.0360. The zero-order valence-corrected chi connectivity index (χ0v) is 14.5. The average molecular weight is 313 g/mol. The Bertz CT molecular complexity index is 619. The van der Waals surface area contributed by atoms with Crippen molar-refractivity contribution in [3.63, 3.8) is 0 Å². The fourth-order valence-electron chi connectivity index (χ4n) is 2.87. The minimum absolute atomic E-state index is 0.195. The Kier molecular flexibility index (Phi) is 4.83. The molecule has 1 aliphatic rings. The zero-order valence-electron chi connectivity index (χ0n) is 14.5. The molecule has 0 aliphatic carbocycles. The van der Waals surface area contributed by atoms with Crippen LogP contribution in [0.4, 0.5) is 0 Å². The molecule has 124 valence electrons. The topological polar surface area (TPSA) is 30.3 Å². The molecule has 23 heavy (non-hydrogen) atoms. The maximum atomic E-state index is 5.38. The van der Waals surface area contributed by atoms with E-state index in [-0.39, 0.29) is 5.41 Å². The second-order valence-corrected chi connectivity index (χ2v) is 7.27. The third kappa shape index (κ3) is 4.21. The molecule has 0 unspecified atom stereocenters. The molecule has 0 amide bonds. The summed E-state index contributed by atoms with van der Waals surface area (Å²) in [6, 6.07) is 8.84. The number of benzene rings is 1. The number of hydrogen-bond acceptors (Lipinski definition) is 3. The lowest BCUT2D eigenvalue weighted by Crippen LogP contribution is -2.38. The first-order valence-corrected chi connectivity index (χ1v) is 8.46. The van der Waals surface area contributed by atoms with Crippen molar-refractivity contribution in [1.29, 1.82) is 0 Å². The lowest BCUT2D eigenvalue weighted by atomic mass is 9.86. The van der Waals surface area contributed by atoms with Crippen molar-refractivity contribution in [1.82, 2.24) is 14.7 Å². The van der Waals surface area contributed by atoms with Crippen LogP contribution in [0.2, 0.25) is 0 Å². The van der Waals surface area contributed by atoms with E-state index in [1.54, 1.807) is 0 Å². The van der Waals surface area contributed by atoms with Gasteiger partial charge in [0.25, 0.3) is 0 Å². The number of morpholine rings is 1. The Morgan fingerprint density at radius 1 is 1.00 bits per heavy atom. The smallest absolute Gasteiger partial charge is 0.0594 e. The van der Waals surface area contributed by atoms with Crippen LogP contribution in [-0.2, 0) is 16.7 Å². The van der Waals surface area contributed by atoms with Gasteiger partial charge < -0.3 is 4.74 Å². The standard InChI is InChI=1S/C19H27N3O/c1-19(2,3)18-6-4-16(5-7-18)17-14-20-22(15-17)9-8-21-10-12-23-13-11-21/h4-7,14-15H,8-13H2,1-3H3. The molecule has 1 aromatic carbocycles. The summed E-state index contributed by atoms with van der Waals surface area (Å²) in [7, 11) is 0. The van der Waals surface area contributed by atoms with Crippen LogP contribution < -0.4 is 0 Å². The van der Waals surface area contributed by atoms with Crippen molar-refractivity contribution in [3.8, 4) is 11.1 Å². The van der Waals surface area contributed by atoms with Gasteiger partial charge in [-0.1, -0.05) is 45.0 Å². The van der Waals surface area contributed by atoms with E-state index < -0.39 is 0 Å². The van der Waals surface area contributed by atoms with E-state index >= 15 is 0 Å². The van der Waals surface area contributed by atoms with Crippen LogP contribution in [0.3, 0.4) is 0 Å². The molecule has 1 aromatic heterocycles. The molecule has 0 saturated carbocycles. The van der Waals surface area contributed by atoms with Gasteiger partial charge in [-0.3, -0.25) is 9.58 Å². The van der Waals surface area contributed by atoms with Crippen LogP contribution >= 0.6 is 0 Å². The second-order valence-electron chi connectivity index (χ2n) is 7.27. The van der Waals surface area contributed by atoms with E-state index in [1.807, 2.05) is 10.9 Å². The lowest BCUT2D eigenvalue weighted by Gasteiger charge is -2.26. The van der Waals surface area contributed by atoms with E-state index in [1.165, 1.54) is 16.7 Å². The maximum Gasteiger partial charge on any atom is 0.0594 e. The molecular weight excluding hydrogens is 286 g/mol. The van der Waals surface area contributed by atoms with Gasteiger partial charge in [0.05, 0.1) is 26.0 Å². The van der Waals surface area contributed by atoms with Crippen molar-refractivity contribution in [2.75, 3.05) is 32.8 Å². The van der Waals surface area contributed by atoms with Gasteiger partial charge in [-0.05, 0) is 16.5 Å². The first kappa shape index (κ1) is 16.2. The predicted octanol–water partition coefficient (Wildman–Crippen LogP) is 3.18. The molecule has 1 aliphatic heterocycles. The van der Waals surface area contributed by atoms with Gasteiger partial charge in [0.2, 0.25) is 0 Å². The molecule has 0 spiro atoms. The monoisotopic (exact) mass is 313 g/mol. The Morgan fingerprint density at radius 3 is 2.35 bits per heavy atom. The van der Waals surface area contributed by atoms with Crippen LogP contribution in [0, 0.1) is 0 Å². The first-order chi connectivity index (χ1) is 11.0. The minimum Gasteiger partial charge on any atom is -0.379 e. The molecule has 0 bridgehead atoms. The molecule has 4 heteroatoms. The van der Waals surface area contributed by atoms with Crippen LogP contribution in [0.1, 0.15) is 26.3 Å². The first-order valence-electron chi connectivity index (χ1n) is 8.46. The van der Waals surface area contributed by atoms with Crippen LogP contribution in [0.15, 0.2) is 36.7 Å². The van der Waals surface area contributed by atoms with Crippen LogP contribution in [0.25, 0.3) is 11.1 Å². The summed E-state index contributed by atoms with van der Waals surface area (Å²) in [4.78, 5) is 2.43. The quantitative estimate of drug-likeness (QED) is 0.868. The Balaban J connectivity index is 1.62. The SMILES string of the molecule is CC(C)(C)c1ccc(-c2cnn(CCN3CCOCC3)c2)cc1. The zero-order chi connectivity index (χ0) is 16.3. The number of nitrogens with zero attached hydrogens (tertiary/aromatic N) is 3.